The highest BCUT2D eigenvalue weighted by Gasteiger charge is 2.42. The number of carbonyl (C=O) groups excluding carboxylic acids is 1. The van der Waals surface area contributed by atoms with E-state index in [0.29, 0.717) is 13.0 Å². The summed E-state index contributed by atoms with van der Waals surface area (Å²) in [5, 5.41) is 0. The first kappa shape index (κ1) is 16.2. The summed E-state index contributed by atoms with van der Waals surface area (Å²) < 4.78 is 0. The molecule has 1 aromatic heterocycles. The second-order valence-electron chi connectivity index (χ2n) is 6.77. The zero-order valence-corrected chi connectivity index (χ0v) is 14.0. The Balaban J connectivity index is 1.70. The Hall–Kier alpha value is -1.66. The van der Waals surface area contributed by atoms with Crippen molar-refractivity contribution in [3.05, 3.63) is 30.9 Å². The first-order valence-electron chi connectivity index (χ1n) is 8.43. The minimum absolute atomic E-state index is 0.0937. The van der Waals surface area contributed by atoms with Gasteiger partial charge in [-0.1, -0.05) is 6.08 Å². The summed E-state index contributed by atoms with van der Waals surface area (Å²) in [4.78, 5) is 26.7. The smallest absolute Gasteiger partial charge is 0.222 e. The van der Waals surface area contributed by atoms with Crippen molar-refractivity contribution in [2.24, 2.45) is 0 Å². The van der Waals surface area contributed by atoms with Crippen molar-refractivity contribution in [3.8, 4) is 0 Å². The van der Waals surface area contributed by atoms with Gasteiger partial charge in [-0.25, -0.2) is 4.98 Å². The van der Waals surface area contributed by atoms with Crippen LogP contribution in [0.4, 0.5) is 0 Å². The molecule has 0 aromatic carbocycles. The third-order valence-corrected chi connectivity index (χ3v) is 5.36. The fraction of sp³-hybridized carbons (Fsp3) is 0.647. The lowest BCUT2D eigenvalue weighted by atomic mass is 9.86. The third-order valence-electron chi connectivity index (χ3n) is 5.36. The molecule has 23 heavy (non-hydrogen) atoms. The average Bonchev–Trinajstić information content (AvgIpc) is 3.00. The predicted molar refractivity (Wildman–Crippen MR) is 89.9 cm³/mol. The molecule has 2 fully saturated rings. The summed E-state index contributed by atoms with van der Waals surface area (Å²) in [6, 6.07) is 0. The lowest BCUT2D eigenvalue weighted by Gasteiger charge is -2.49. The molecule has 1 N–H and O–H groups in total. The summed E-state index contributed by atoms with van der Waals surface area (Å²) in [6.07, 6.45) is 8.09. The molecule has 2 saturated heterocycles. The molecular weight excluding hydrogens is 290 g/mol. The summed E-state index contributed by atoms with van der Waals surface area (Å²) in [7, 11) is 2.21. The third kappa shape index (κ3) is 3.48. The number of likely N-dealkylation sites (N-methyl/N-ethyl adjacent to an activating group) is 1. The molecule has 0 unspecified atom stereocenters. The summed E-state index contributed by atoms with van der Waals surface area (Å²) in [5.41, 5.74) is 0.0937. The zero-order chi connectivity index (χ0) is 16.3. The van der Waals surface area contributed by atoms with E-state index in [1.807, 2.05) is 17.2 Å². The van der Waals surface area contributed by atoms with E-state index >= 15 is 0 Å². The molecule has 126 valence electrons. The van der Waals surface area contributed by atoms with Gasteiger partial charge in [0.1, 0.15) is 5.82 Å². The Bertz CT molecular complexity index is 543. The fourth-order valence-corrected chi connectivity index (χ4v) is 3.86. The summed E-state index contributed by atoms with van der Waals surface area (Å²) >= 11 is 0. The highest BCUT2D eigenvalue weighted by Crippen LogP contribution is 2.32. The van der Waals surface area contributed by atoms with Gasteiger partial charge in [0.2, 0.25) is 5.91 Å². The van der Waals surface area contributed by atoms with E-state index in [0.717, 1.165) is 51.4 Å². The van der Waals surface area contributed by atoms with Gasteiger partial charge in [0.15, 0.2) is 0 Å². The number of aromatic nitrogens is 2. The molecular formula is C17H27N5O. The van der Waals surface area contributed by atoms with Gasteiger partial charge < -0.3 is 9.88 Å². The van der Waals surface area contributed by atoms with Crippen molar-refractivity contribution in [3.63, 3.8) is 0 Å². The molecule has 0 saturated carbocycles. The maximum absolute atomic E-state index is 12.3. The van der Waals surface area contributed by atoms with E-state index in [1.165, 1.54) is 0 Å². The fourth-order valence-electron chi connectivity index (χ4n) is 3.86. The Morgan fingerprint density at radius 2 is 2.26 bits per heavy atom. The molecule has 1 amide bonds. The molecule has 3 heterocycles. The van der Waals surface area contributed by atoms with Crippen LogP contribution in [0, 0.1) is 0 Å². The van der Waals surface area contributed by atoms with Crippen molar-refractivity contribution in [1.82, 2.24) is 24.7 Å². The number of carbonyl (C=O) groups is 1. The number of hydrogen-bond acceptors (Lipinski definition) is 4. The highest BCUT2D eigenvalue weighted by molar-refractivity contribution is 5.76. The second kappa shape index (κ2) is 6.84. The van der Waals surface area contributed by atoms with E-state index in [1.54, 1.807) is 6.20 Å². The number of rotatable bonds is 4. The minimum atomic E-state index is 0.0937. The van der Waals surface area contributed by atoms with Crippen molar-refractivity contribution < 1.29 is 4.79 Å². The highest BCUT2D eigenvalue weighted by atomic mass is 16.2. The monoisotopic (exact) mass is 317 g/mol. The first-order chi connectivity index (χ1) is 11.1. The van der Waals surface area contributed by atoms with Gasteiger partial charge in [-0.15, -0.1) is 6.58 Å². The van der Waals surface area contributed by atoms with Crippen LogP contribution in [-0.2, 0) is 11.3 Å². The molecule has 2 aliphatic rings. The Morgan fingerprint density at radius 3 is 3.00 bits per heavy atom. The van der Waals surface area contributed by atoms with Crippen molar-refractivity contribution in [2.45, 2.75) is 31.3 Å². The lowest BCUT2D eigenvalue weighted by molar-refractivity contribution is -0.130. The van der Waals surface area contributed by atoms with Crippen LogP contribution in [0.15, 0.2) is 25.0 Å². The average molecular weight is 317 g/mol. The number of aromatic amines is 1. The number of H-pyrrole nitrogens is 1. The molecule has 1 atom stereocenters. The van der Waals surface area contributed by atoms with Gasteiger partial charge in [-0.3, -0.25) is 14.6 Å². The zero-order valence-electron chi connectivity index (χ0n) is 14.0. The number of nitrogens with one attached hydrogen (secondary N) is 1. The van der Waals surface area contributed by atoms with Crippen LogP contribution in [0.1, 0.15) is 25.1 Å². The number of imidazole rings is 1. The van der Waals surface area contributed by atoms with E-state index < -0.39 is 0 Å². The first-order valence-corrected chi connectivity index (χ1v) is 8.43. The van der Waals surface area contributed by atoms with Crippen LogP contribution in [-0.4, -0.2) is 75.9 Å². The molecule has 0 radical (unpaired) electrons. The topological polar surface area (TPSA) is 55.5 Å². The Morgan fingerprint density at radius 1 is 1.39 bits per heavy atom. The van der Waals surface area contributed by atoms with Crippen molar-refractivity contribution >= 4 is 5.91 Å². The quantitative estimate of drug-likeness (QED) is 0.845. The van der Waals surface area contributed by atoms with Crippen LogP contribution < -0.4 is 0 Å². The molecule has 2 aliphatic heterocycles. The maximum Gasteiger partial charge on any atom is 0.222 e. The molecule has 0 aliphatic carbocycles. The minimum Gasteiger partial charge on any atom is -0.348 e. The van der Waals surface area contributed by atoms with Crippen molar-refractivity contribution in [2.75, 3.05) is 39.8 Å². The normalized spacial score (nSPS) is 27.3. The van der Waals surface area contributed by atoms with Gasteiger partial charge in [0, 0.05) is 57.1 Å². The number of likely N-dealkylation sites (tertiary alicyclic amines) is 1. The predicted octanol–water partition coefficient (Wildman–Crippen LogP) is 1.09. The van der Waals surface area contributed by atoms with Gasteiger partial charge in [-0.05, 0) is 19.9 Å². The second-order valence-corrected chi connectivity index (χ2v) is 6.77. The van der Waals surface area contributed by atoms with Crippen LogP contribution in [0.5, 0.6) is 0 Å². The summed E-state index contributed by atoms with van der Waals surface area (Å²) in [6.45, 7) is 9.19. The standard InChI is InChI=1S/C17H27N5O/c1-3-9-22-10-6-17(5-4-16(22)23)14-21(12-11-20(17)2)13-15-18-7-8-19-15/h3,7-8H,1,4-6,9-14H2,2H3,(H,18,19)/t17-/m0/s1. The van der Waals surface area contributed by atoms with Gasteiger partial charge in [-0.2, -0.15) is 0 Å². The number of hydrogen-bond donors (Lipinski definition) is 1. The van der Waals surface area contributed by atoms with Crippen LogP contribution in [0.3, 0.4) is 0 Å². The largest absolute Gasteiger partial charge is 0.348 e. The van der Waals surface area contributed by atoms with Crippen LogP contribution >= 0.6 is 0 Å². The van der Waals surface area contributed by atoms with Crippen LogP contribution in [0.2, 0.25) is 0 Å². The van der Waals surface area contributed by atoms with Crippen molar-refractivity contribution in [1.29, 1.82) is 0 Å². The van der Waals surface area contributed by atoms with Gasteiger partial charge >= 0.3 is 0 Å². The molecule has 0 bridgehead atoms. The Kier molecular flexibility index (Phi) is 4.82. The van der Waals surface area contributed by atoms with Gasteiger partial charge in [0.05, 0.1) is 6.54 Å². The number of nitrogens with zero attached hydrogens (tertiary/aromatic N) is 4. The van der Waals surface area contributed by atoms with E-state index in [2.05, 4.69) is 33.4 Å². The SMILES string of the molecule is C=CCN1CC[C@@]2(CCC1=O)CN(Cc1ncc[nH]1)CCN2C. The Labute approximate surface area is 138 Å². The number of piperazine rings is 1. The molecule has 6 heteroatoms. The number of amides is 1. The molecule has 3 rings (SSSR count). The van der Waals surface area contributed by atoms with E-state index in [9.17, 15) is 4.79 Å². The molecule has 1 spiro atoms. The van der Waals surface area contributed by atoms with E-state index in [-0.39, 0.29) is 11.4 Å². The van der Waals surface area contributed by atoms with E-state index in [4.69, 9.17) is 0 Å². The lowest BCUT2D eigenvalue weighted by Crippen LogP contribution is -2.60. The summed E-state index contributed by atoms with van der Waals surface area (Å²) in [5.74, 6) is 1.28. The molecule has 1 aromatic rings. The molecule has 6 nitrogen and oxygen atoms in total. The van der Waals surface area contributed by atoms with Gasteiger partial charge in [0.25, 0.3) is 0 Å². The maximum atomic E-state index is 12.3. The van der Waals surface area contributed by atoms with Crippen LogP contribution in [0.25, 0.3) is 0 Å².